The van der Waals surface area contributed by atoms with Crippen LogP contribution in [0.3, 0.4) is 0 Å². The third-order valence-electron chi connectivity index (χ3n) is 4.27. The first-order valence-electron chi connectivity index (χ1n) is 8.35. The third kappa shape index (κ3) is 3.93. The second-order valence-corrected chi connectivity index (χ2v) is 7.62. The minimum Gasteiger partial charge on any atom is -0.463 e. The lowest BCUT2D eigenvalue weighted by Crippen LogP contribution is -2.24. The number of rotatable bonds is 4. The number of hydrazone groups is 1. The zero-order valence-corrected chi connectivity index (χ0v) is 14.4. The SMILES string of the molecule is CC(C)(C)CC1CCc2[nH]nc(C(=O)NN=Cc3ccco3)c2C1. The van der Waals surface area contributed by atoms with Gasteiger partial charge in [0, 0.05) is 11.3 Å². The van der Waals surface area contributed by atoms with Gasteiger partial charge < -0.3 is 4.42 Å². The molecule has 1 aliphatic carbocycles. The Bertz CT molecular complexity index is 723. The van der Waals surface area contributed by atoms with Crippen LogP contribution in [0.4, 0.5) is 0 Å². The number of H-pyrrole nitrogens is 1. The van der Waals surface area contributed by atoms with Gasteiger partial charge in [-0.05, 0) is 49.1 Å². The zero-order chi connectivity index (χ0) is 17.2. The van der Waals surface area contributed by atoms with Crippen LogP contribution in [0.1, 0.15) is 61.1 Å². The highest BCUT2D eigenvalue weighted by Gasteiger charge is 2.28. The molecular weight excluding hydrogens is 304 g/mol. The molecule has 1 aliphatic rings. The van der Waals surface area contributed by atoms with Gasteiger partial charge in [-0.2, -0.15) is 10.2 Å². The first kappa shape index (κ1) is 16.5. The van der Waals surface area contributed by atoms with Crippen LogP contribution >= 0.6 is 0 Å². The molecule has 2 aromatic heterocycles. The van der Waals surface area contributed by atoms with Gasteiger partial charge in [-0.3, -0.25) is 9.89 Å². The van der Waals surface area contributed by atoms with Gasteiger partial charge in [-0.15, -0.1) is 0 Å². The topological polar surface area (TPSA) is 83.3 Å². The summed E-state index contributed by atoms with van der Waals surface area (Å²) >= 11 is 0. The molecule has 0 bridgehead atoms. The van der Waals surface area contributed by atoms with Gasteiger partial charge in [0.1, 0.15) is 5.76 Å². The molecule has 2 N–H and O–H groups in total. The molecule has 2 aromatic rings. The quantitative estimate of drug-likeness (QED) is 0.667. The number of aryl methyl sites for hydroxylation is 1. The van der Waals surface area contributed by atoms with Gasteiger partial charge in [0.15, 0.2) is 5.69 Å². The van der Waals surface area contributed by atoms with E-state index in [1.165, 1.54) is 6.21 Å². The van der Waals surface area contributed by atoms with Crippen molar-refractivity contribution in [2.75, 3.05) is 0 Å². The fourth-order valence-electron chi connectivity index (χ4n) is 3.37. The Morgan fingerprint density at radius 1 is 1.54 bits per heavy atom. The third-order valence-corrected chi connectivity index (χ3v) is 4.27. The van der Waals surface area contributed by atoms with E-state index in [-0.39, 0.29) is 5.91 Å². The van der Waals surface area contributed by atoms with Crippen molar-refractivity contribution < 1.29 is 9.21 Å². The average molecular weight is 328 g/mol. The number of amides is 1. The number of nitrogens with one attached hydrogen (secondary N) is 2. The largest absolute Gasteiger partial charge is 0.463 e. The summed E-state index contributed by atoms with van der Waals surface area (Å²) in [5.74, 6) is 0.893. The van der Waals surface area contributed by atoms with Crippen molar-refractivity contribution in [3.63, 3.8) is 0 Å². The molecule has 0 aliphatic heterocycles. The summed E-state index contributed by atoms with van der Waals surface area (Å²) in [5.41, 5.74) is 5.40. The first-order chi connectivity index (χ1) is 11.4. The van der Waals surface area contributed by atoms with Crippen LogP contribution in [-0.2, 0) is 12.8 Å². The Kier molecular flexibility index (Phi) is 4.55. The highest BCUT2D eigenvalue weighted by atomic mass is 16.3. The van der Waals surface area contributed by atoms with E-state index in [1.807, 2.05) is 0 Å². The maximum absolute atomic E-state index is 12.4. The summed E-state index contributed by atoms with van der Waals surface area (Å²) in [5, 5.41) is 11.1. The molecule has 0 aromatic carbocycles. The van der Waals surface area contributed by atoms with E-state index >= 15 is 0 Å². The molecule has 3 rings (SSSR count). The van der Waals surface area contributed by atoms with Gasteiger partial charge >= 0.3 is 0 Å². The lowest BCUT2D eigenvalue weighted by Gasteiger charge is -2.28. The van der Waals surface area contributed by atoms with Crippen molar-refractivity contribution in [3.05, 3.63) is 41.1 Å². The number of fused-ring (bicyclic) bond motifs is 1. The van der Waals surface area contributed by atoms with Gasteiger partial charge in [-0.25, -0.2) is 5.43 Å². The molecule has 0 saturated heterocycles. The van der Waals surface area contributed by atoms with Gasteiger partial charge in [0.05, 0.1) is 12.5 Å². The zero-order valence-electron chi connectivity index (χ0n) is 14.4. The van der Waals surface area contributed by atoms with E-state index in [9.17, 15) is 4.79 Å². The molecule has 1 unspecified atom stereocenters. The van der Waals surface area contributed by atoms with Crippen molar-refractivity contribution >= 4 is 12.1 Å². The molecule has 0 spiro atoms. The number of aromatic amines is 1. The summed E-state index contributed by atoms with van der Waals surface area (Å²) in [6.45, 7) is 6.78. The van der Waals surface area contributed by atoms with Crippen LogP contribution in [0.15, 0.2) is 27.9 Å². The van der Waals surface area contributed by atoms with Crippen molar-refractivity contribution in [1.29, 1.82) is 0 Å². The monoisotopic (exact) mass is 328 g/mol. The molecule has 2 heterocycles. The Morgan fingerprint density at radius 3 is 3.08 bits per heavy atom. The number of hydrogen-bond acceptors (Lipinski definition) is 4. The summed E-state index contributed by atoms with van der Waals surface area (Å²) < 4.78 is 5.13. The molecule has 0 fully saturated rings. The van der Waals surface area contributed by atoms with E-state index < -0.39 is 0 Å². The van der Waals surface area contributed by atoms with Crippen molar-refractivity contribution in [3.8, 4) is 0 Å². The lowest BCUT2D eigenvalue weighted by molar-refractivity contribution is 0.0948. The van der Waals surface area contributed by atoms with E-state index in [1.54, 1.807) is 18.4 Å². The normalized spacial score (nSPS) is 17.9. The number of carbonyl (C=O) groups excluding carboxylic acids is 1. The molecule has 0 radical (unpaired) electrons. The number of carbonyl (C=O) groups is 1. The fraction of sp³-hybridized carbons (Fsp3) is 0.500. The number of nitrogens with zero attached hydrogens (tertiary/aromatic N) is 2. The second-order valence-electron chi connectivity index (χ2n) is 7.62. The molecule has 128 valence electrons. The highest BCUT2D eigenvalue weighted by Crippen LogP contribution is 2.34. The molecule has 6 nitrogen and oxygen atoms in total. The van der Waals surface area contributed by atoms with E-state index in [0.29, 0.717) is 22.8 Å². The number of furan rings is 1. The van der Waals surface area contributed by atoms with Crippen LogP contribution in [0, 0.1) is 11.3 Å². The summed E-state index contributed by atoms with van der Waals surface area (Å²) in [6, 6.07) is 3.53. The van der Waals surface area contributed by atoms with E-state index in [0.717, 1.165) is 36.9 Å². The van der Waals surface area contributed by atoms with Crippen LogP contribution in [0.2, 0.25) is 0 Å². The van der Waals surface area contributed by atoms with Crippen LogP contribution < -0.4 is 5.43 Å². The summed E-state index contributed by atoms with van der Waals surface area (Å²) in [7, 11) is 0. The summed E-state index contributed by atoms with van der Waals surface area (Å²) in [6.07, 6.45) is 7.17. The van der Waals surface area contributed by atoms with Gasteiger partial charge in [0.25, 0.3) is 5.91 Å². The standard InChI is InChI=1S/C18H24N4O2/c1-18(2,3)10-12-6-7-15-14(9-12)16(21-20-15)17(23)22-19-11-13-5-4-8-24-13/h4-5,8,11-12H,6-7,9-10H2,1-3H3,(H,20,21)(H,22,23). The fourth-order valence-corrected chi connectivity index (χ4v) is 3.37. The number of aromatic nitrogens is 2. The van der Waals surface area contributed by atoms with Crippen LogP contribution in [0.5, 0.6) is 0 Å². The smallest absolute Gasteiger partial charge is 0.292 e. The Labute approximate surface area is 141 Å². The summed E-state index contributed by atoms with van der Waals surface area (Å²) in [4.78, 5) is 12.4. The molecule has 24 heavy (non-hydrogen) atoms. The maximum Gasteiger partial charge on any atom is 0.292 e. The predicted octanol–water partition coefficient (Wildman–Crippen LogP) is 3.31. The van der Waals surface area contributed by atoms with Gasteiger partial charge in [-0.1, -0.05) is 20.8 Å². The van der Waals surface area contributed by atoms with E-state index in [4.69, 9.17) is 4.42 Å². The minimum atomic E-state index is -0.285. The van der Waals surface area contributed by atoms with Crippen molar-refractivity contribution in [2.24, 2.45) is 16.4 Å². The molecule has 1 atom stereocenters. The maximum atomic E-state index is 12.4. The van der Waals surface area contributed by atoms with Crippen molar-refractivity contribution in [2.45, 2.75) is 46.5 Å². The Morgan fingerprint density at radius 2 is 2.38 bits per heavy atom. The van der Waals surface area contributed by atoms with E-state index in [2.05, 4.69) is 41.5 Å². The number of hydrogen-bond donors (Lipinski definition) is 2. The van der Waals surface area contributed by atoms with Gasteiger partial charge in [0.2, 0.25) is 0 Å². The lowest BCUT2D eigenvalue weighted by atomic mass is 9.76. The molecule has 6 heteroatoms. The molecular formula is C18H24N4O2. The highest BCUT2D eigenvalue weighted by molar-refractivity contribution is 5.94. The van der Waals surface area contributed by atoms with Crippen LogP contribution in [0.25, 0.3) is 0 Å². The minimum absolute atomic E-state index is 0.285. The van der Waals surface area contributed by atoms with Crippen molar-refractivity contribution in [1.82, 2.24) is 15.6 Å². The average Bonchev–Trinajstić information content (AvgIpc) is 3.14. The predicted molar refractivity (Wildman–Crippen MR) is 91.9 cm³/mol. The Balaban J connectivity index is 1.67. The Hall–Kier alpha value is -2.37. The molecule has 0 saturated carbocycles. The molecule has 1 amide bonds. The first-order valence-corrected chi connectivity index (χ1v) is 8.35. The van der Waals surface area contributed by atoms with Crippen LogP contribution in [-0.4, -0.2) is 22.3 Å². The second kappa shape index (κ2) is 6.63.